The number of rotatable bonds is 5. The molecule has 5 nitrogen and oxygen atoms in total. The molecule has 5 aromatic heterocycles. The van der Waals surface area contributed by atoms with Crippen molar-refractivity contribution in [3.05, 3.63) is 327 Å². The van der Waals surface area contributed by atoms with E-state index in [4.69, 9.17) is 9.60 Å². The van der Waals surface area contributed by atoms with Crippen LogP contribution in [-0.4, -0.2) is 24.8 Å². The summed E-state index contributed by atoms with van der Waals surface area (Å²) < 4.78 is 204. The van der Waals surface area contributed by atoms with Crippen LogP contribution in [0, 0.1) is 0 Å². The molecule has 2 aliphatic rings. The van der Waals surface area contributed by atoms with Crippen LogP contribution in [0.25, 0.3) is 164 Å². The second-order valence-electron chi connectivity index (χ2n) is 24.7. The summed E-state index contributed by atoms with van der Waals surface area (Å²) in [5, 5.41) is 7.67. The molecule has 0 saturated heterocycles. The molecule has 22 rings (SSSR count). The average molecular weight is 1240 g/mol. The van der Waals surface area contributed by atoms with Gasteiger partial charge in [-0.15, -0.1) is 0 Å². The minimum Gasteiger partial charge on any atom is -0.311 e. The van der Waals surface area contributed by atoms with E-state index in [0.29, 0.717) is 55.5 Å². The summed E-state index contributed by atoms with van der Waals surface area (Å²) in [5.74, 6) is 0. The highest BCUT2D eigenvalue weighted by molar-refractivity contribution is 7.00. The Morgan fingerprint density at radius 2 is 0.792 bits per heavy atom. The summed E-state index contributed by atoms with van der Waals surface area (Å²) in [7, 11) is 0. The fraction of sp³-hybridized carbons (Fsp3) is 0. The molecule has 0 aliphatic carbocycles. The summed E-state index contributed by atoms with van der Waals surface area (Å²) in [6, 6.07) is 54.5. The first-order chi connectivity index (χ1) is 56.4. The monoisotopic (exact) mass is 1240 g/mol. The van der Waals surface area contributed by atoms with Gasteiger partial charge in [-0.3, -0.25) is 0 Å². The molecule has 0 atom stereocenters. The third-order valence-corrected chi connectivity index (χ3v) is 20.0. The lowest BCUT2D eigenvalue weighted by Crippen LogP contribution is -2.60. The number of nitrogens with zero attached hydrogens (tertiary/aromatic N) is 5. The lowest BCUT2D eigenvalue weighted by Gasteiger charge is -2.41. The average Bonchev–Trinajstić information content (AvgIpc) is 1.57. The number of fused-ring (bicyclic) bond motifs is 24. The van der Waals surface area contributed by atoms with Gasteiger partial charge in [0.2, 0.25) is 0 Å². The molecule has 7 heterocycles. The van der Waals surface area contributed by atoms with Crippen molar-refractivity contribution in [2.75, 3.05) is 4.90 Å². The van der Waals surface area contributed by atoms with Gasteiger partial charge in [0.15, 0.2) is 0 Å². The molecule has 0 saturated carbocycles. The van der Waals surface area contributed by atoms with E-state index in [-0.39, 0.29) is 66.1 Å². The topological polar surface area (TPSA) is 22.4 Å². The first-order valence-corrected chi connectivity index (χ1v) is 31.6. The molecular formula is C90H54BN5. The van der Waals surface area contributed by atoms with Crippen molar-refractivity contribution in [1.29, 1.82) is 0 Å². The molecule has 6 heteroatoms. The van der Waals surface area contributed by atoms with E-state index in [1.54, 1.807) is 24.3 Å². The summed E-state index contributed by atoms with van der Waals surface area (Å²) >= 11 is 0. The van der Waals surface area contributed by atoms with Crippen molar-refractivity contribution in [2.24, 2.45) is 0 Å². The maximum atomic E-state index is 9.90. The summed E-state index contributed by atoms with van der Waals surface area (Å²) in [5.41, 5.74) is 9.71. The molecule has 15 aromatic carbocycles. The Morgan fingerprint density at radius 3 is 1.46 bits per heavy atom. The van der Waals surface area contributed by atoms with Crippen LogP contribution in [-0.2, 0) is 0 Å². The molecule has 20 aromatic rings. The van der Waals surface area contributed by atoms with E-state index in [1.807, 2.05) is 115 Å². The van der Waals surface area contributed by atoms with Crippen LogP contribution in [0.1, 0.15) is 28.8 Å². The number of benzene rings is 15. The van der Waals surface area contributed by atoms with Gasteiger partial charge in [0.25, 0.3) is 6.71 Å². The highest BCUT2D eigenvalue weighted by Gasteiger charge is 2.45. The largest absolute Gasteiger partial charge is 0.311 e. The van der Waals surface area contributed by atoms with Crippen LogP contribution >= 0.6 is 0 Å². The zero-order chi connectivity index (χ0) is 80.7. The molecule has 0 N–H and O–H groups in total. The molecule has 2 aliphatic heterocycles. The van der Waals surface area contributed by atoms with E-state index in [9.17, 15) is 19.2 Å². The van der Waals surface area contributed by atoms with Crippen molar-refractivity contribution in [3.8, 4) is 39.3 Å². The molecule has 0 amide bonds. The second-order valence-corrected chi connectivity index (χ2v) is 24.7. The van der Waals surface area contributed by atoms with Crippen LogP contribution in [0.3, 0.4) is 0 Å². The molecular weight excluding hydrogens is 1160 g/mol. The van der Waals surface area contributed by atoms with Crippen molar-refractivity contribution in [3.63, 3.8) is 0 Å². The van der Waals surface area contributed by atoms with Gasteiger partial charge in [0.05, 0.1) is 78.6 Å². The van der Waals surface area contributed by atoms with Crippen LogP contribution < -0.4 is 21.3 Å². The summed E-state index contributed by atoms with van der Waals surface area (Å²) in [4.78, 5) is 2.19. The van der Waals surface area contributed by atoms with Crippen LogP contribution in [0.2, 0.25) is 0 Å². The second kappa shape index (κ2) is 19.5. The lowest BCUT2D eigenvalue weighted by molar-refractivity contribution is 1.16. The quantitative estimate of drug-likeness (QED) is 0.157. The van der Waals surface area contributed by atoms with Gasteiger partial charge in [0, 0.05) is 87.8 Å². The summed E-state index contributed by atoms with van der Waals surface area (Å²) in [6.07, 6.45) is 0. The van der Waals surface area contributed by atoms with E-state index >= 15 is 0 Å². The molecule has 96 heavy (non-hydrogen) atoms. The normalized spacial score (nSPS) is 15.8. The zero-order valence-electron chi connectivity index (χ0n) is 71.4. The fourth-order valence-corrected chi connectivity index (χ4v) is 16.3. The van der Waals surface area contributed by atoms with Gasteiger partial charge in [-0.05, 0) is 145 Å². The molecule has 0 unspecified atom stereocenters. The molecule has 0 spiro atoms. The van der Waals surface area contributed by atoms with Crippen LogP contribution in [0.15, 0.2) is 327 Å². The predicted octanol–water partition coefficient (Wildman–Crippen LogP) is 21.5. The van der Waals surface area contributed by atoms with Gasteiger partial charge >= 0.3 is 0 Å². The maximum absolute atomic E-state index is 9.90. The number of aromatic nitrogens is 4. The Labute approximate surface area is 581 Å². The first-order valence-electron chi connectivity index (χ1n) is 42.1. The number of hydrogen-bond donors (Lipinski definition) is 0. The third kappa shape index (κ3) is 6.98. The predicted molar refractivity (Wildman–Crippen MR) is 407 cm³/mol. The fourth-order valence-electron chi connectivity index (χ4n) is 16.3. The van der Waals surface area contributed by atoms with Gasteiger partial charge in [-0.2, -0.15) is 0 Å². The van der Waals surface area contributed by atoms with Crippen molar-refractivity contribution in [2.45, 2.75) is 0 Å². The van der Waals surface area contributed by atoms with Gasteiger partial charge in [-0.1, -0.05) is 242 Å². The third-order valence-electron chi connectivity index (χ3n) is 20.0. The van der Waals surface area contributed by atoms with E-state index in [2.05, 4.69) is 74.5 Å². The van der Waals surface area contributed by atoms with Gasteiger partial charge in [-0.25, -0.2) is 0 Å². The molecule has 0 fully saturated rings. The van der Waals surface area contributed by atoms with E-state index in [1.165, 1.54) is 9.13 Å². The minimum atomic E-state index is -0.966. The molecule has 442 valence electrons. The standard InChI is InChI=1S/C90H54BN5/c1-3-22-55(23-4-1)57-42-45-59(46-43-57)94-83-53-60(92-77-37-16-12-31-67(77)68-32-13-17-38-78(68)92)47-48-75(83)91-76-52-61(93-79-39-18-14-33-69(79)70-34-15-19-40-80(70)93)51-74-73-50-58(56-24-5-2-6-25-56)44-49-82(73)96(89(74)76)85-54-84-86(90(94)87(85)91)72-36-21-35-71-65-29-10-8-27-63(65)62-26-7-9-28-64(62)66-30-11-20-41-81(66)95(84)88(71)72/h1-54H/i2D,5D,6D,12D,13D,14D,15D,16D,17D,18D,19D,24D,25D,31D,32D,33D,34D,37D,38D,39D,40D. The Balaban J connectivity index is 0.996. The molecule has 0 radical (unpaired) electrons. The van der Waals surface area contributed by atoms with E-state index < -0.39 is 134 Å². The number of para-hydroxylation sites is 6. The SMILES string of the molecule is [2H]c1c([2H])c([2H])c(-c2ccc3c(c2)c2cc(-n4c5c([2H])c([2H])c([2H])c([2H])c5c5c([2H])c([2H])c([2H])c([2H])c54)cc4c2n3-c2cc3c(c5c2B4c2ccc(-n4c6c([2H])c([2H])c([2H])c([2H])c6c6c([2H])c([2H])c([2H])c([2H])c64)cc2N5c2ccc(-c4ccccc4)cc2)c2cccc4c5ccccc5c5ccccc5c5ccccc5n3c42)c([2H])c1[2H]. The number of hydrogen-bond acceptors (Lipinski definition) is 1. The highest BCUT2D eigenvalue weighted by Crippen LogP contribution is 2.51. The van der Waals surface area contributed by atoms with Gasteiger partial charge in [0.1, 0.15) is 0 Å². The maximum Gasteiger partial charge on any atom is 0.252 e. The minimum absolute atomic E-state index is 0.0860. The van der Waals surface area contributed by atoms with Crippen molar-refractivity contribution >= 4 is 165 Å². The summed E-state index contributed by atoms with van der Waals surface area (Å²) in [6.45, 7) is -0.966. The van der Waals surface area contributed by atoms with Gasteiger partial charge < -0.3 is 23.0 Å². The van der Waals surface area contributed by atoms with Crippen molar-refractivity contribution < 1.29 is 28.8 Å². The Bertz CT molecular complexity index is 7990. The first kappa shape index (κ1) is 36.0. The van der Waals surface area contributed by atoms with E-state index in [0.717, 1.165) is 76.2 Å². The Kier molecular flexibility index (Phi) is 7.30. The Morgan fingerprint density at radius 1 is 0.260 bits per heavy atom. The smallest absolute Gasteiger partial charge is 0.252 e. The van der Waals surface area contributed by atoms with Crippen LogP contribution in [0.4, 0.5) is 17.1 Å². The number of anilines is 3. The molecule has 0 bridgehead atoms. The van der Waals surface area contributed by atoms with Crippen molar-refractivity contribution in [1.82, 2.24) is 18.1 Å². The highest BCUT2D eigenvalue weighted by atomic mass is 15.2. The Hall–Kier alpha value is -12.6. The lowest BCUT2D eigenvalue weighted by atomic mass is 9.33. The van der Waals surface area contributed by atoms with Crippen LogP contribution in [0.5, 0.6) is 0 Å². The zero-order valence-corrected chi connectivity index (χ0v) is 50.4.